The van der Waals surface area contributed by atoms with Gasteiger partial charge in [-0.3, -0.25) is 10.1 Å². The van der Waals surface area contributed by atoms with Gasteiger partial charge in [0.15, 0.2) is 0 Å². The van der Waals surface area contributed by atoms with Gasteiger partial charge in [0.05, 0.1) is 23.1 Å². The standard InChI is InChI=1S/C32H36F6IN3O2/c1-21-23(12-16-39)24-8-2-4-10-26(24)30(21,29(44)40-20-31(33,34)35)15-6-7-17-42-18-13-22(14-19-42)41-28(43)25-9-3-5-11-27(25)32(36,37)38/h2-5,8-12,16,22,29,40,44H,6-7,13-15,17-20H2,1H3,(H,41,43)/b16-12-/t29?,30-/m1/s1. The molecule has 0 bridgehead atoms. The van der Waals surface area contributed by atoms with Gasteiger partial charge in [0.1, 0.15) is 6.23 Å². The van der Waals surface area contributed by atoms with Crippen molar-refractivity contribution < 1.29 is 36.2 Å². The first-order chi connectivity index (χ1) is 20.8. The zero-order chi connectivity index (χ0) is 32.1. The van der Waals surface area contributed by atoms with Crippen molar-refractivity contribution in [2.24, 2.45) is 0 Å². The second kappa shape index (κ2) is 14.3. The molecule has 1 heterocycles. The first-order valence-corrected chi connectivity index (χ1v) is 15.8. The minimum Gasteiger partial charge on any atom is -0.377 e. The number of aliphatic hydroxyl groups is 1. The summed E-state index contributed by atoms with van der Waals surface area (Å²) in [5.41, 5.74) is 1.03. The monoisotopic (exact) mass is 735 g/mol. The van der Waals surface area contributed by atoms with Crippen molar-refractivity contribution in [3.63, 3.8) is 0 Å². The molecule has 2 aromatic rings. The van der Waals surface area contributed by atoms with Crippen LogP contribution in [0.4, 0.5) is 26.3 Å². The maximum Gasteiger partial charge on any atom is 0.417 e. The third-order valence-corrected chi connectivity index (χ3v) is 9.02. The topological polar surface area (TPSA) is 64.6 Å². The van der Waals surface area contributed by atoms with E-state index >= 15 is 0 Å². The lowest BCUT2D eigenvalue weighted by molar-refractivity contribution is -0.138. The van der Waals surface area contributed by atoms with Crippen LogP contribution in [0.5, 0.6) is 0 Å². The number of unbranched alkanes of at least 4 members (excludes halogenated alkanes) is 1. The molecular weight excluding hydrogens is 699 g/mol. The summed E-state index contributed by atoms with van der Waals surface area (Å²) in [6.07, 6.45) is -5.65. The molecule has 0 aromatic heterocycles. The van der Waals surface area contributed by atoms with Crippen molar-refractivity contribution >= 4 is 34.1 Å². The van der Waals surface area contributed by atoms with Gasteiger partial charge in [-0.15, -0.1) is 0 Å². The average Bonchev–Trinajstić information content (AvgIpc) is 3.22. The second-order valence-electron chi connectivity index (χ2n) is 11.3. The molecule has 0 spiro atoms. The van der Waals surface area contributed by atoms with E-state index in [1.165, 1.54) is 18.2 Å². The Balaban J connectivity index is 1.36. The molecule has 2 atom stereocenters. The third-order valence-electron chi connectivity index (χ3n) is 8.66. The van der Waals surface area contributed by atoms with Crippen molar-refractivity contribution in [1.82, 2.24) is 15.5 Å². The van der Waals surface area contributed by atoms with Crippen molar-refractivity contribution in [1.29, 1.82) is 0 Å². The Morgan fingerprint density at radius 2 is 1.73 bits per heavy atom. The van der Waals surface area contributed by atoms with Crippen LogP contribution < -0.4 is 10.6 Å². The van der Waals surface area contributed by atoms with Crippen LogP contribution >= 0.6 is 22.6 Å². The van der Waals surface area contributed by atoms with E-state index in [4.69, 9.17) is 0 Å². The van der Waals surface area contributed by atoms with Gasteiger partial charge in [-0.05, 0) is 78.1 Å². The molecule has 2 aromatic carbocycles. The van der Waals surface area contributed by atoms with E-state index in [0.29, 0.717) is 45.3 Å². The lowest BCUT2D eigenvalue weighted by Crippen LogP contribution is -2.51. The smallest absolute Gasteiger partial charge is 0.377 e. The Bertz CT molecular complexity index is 1370. The number of piperidine rings is 1. The number of nitrogens with zero attached hydrogens (tertiary/aromatic N) is 1. The number of carbonyl (C=O) groups excluding carboxylic acids is 1. The average molecular weight is 736 g/mol. The maximum absolute atomic E-state index is 13.3. The highest BCUT2D eigenvalue weighted by Crippen LogP contribution is 2.51. The summed E-state index contributed by atoms with van der Waals surface area (Å²) < 4.78 is 81.2. The van der Waals surface area contributed by atoms with Gasteiger partial charge in [0.25, 0.3) is 5.91 Å². The highest BCUT2D eigenvalue weighted by atomic mass is 127. The Hall–Kier alpha value is -2.42. The van der Waals surface area contributed by atoms with E-state index in [0.717, 1.165) is 34.8 Å². The molecule has 1 amide bonds. The Kier molecular flexibility index (Phi) is 11.2. The van der Waals surface area contributed by atoms with Crippen molar-refractivity contribution in [3.8, 4) is 0 Å². The highest BCUT2D eigenvalue weighted by Gasteiger charge is 2.48. The Labute approximate surface area is 266 Å². The van der Waals surface area contributed by atoms with E-state index in [9.17, 15) is 36.2 Å². The molecule has 1 aliphatic carbocycles. The number of benzene rings is 2. The minimum absolute atomic E-state index is 0.245. The first kappa shape index (κ1) is 34.5. The molecule has 1 unspecified atom stereocenters. The highest BCUT2D eigenvalue weighted by molar-refractivity contribution is 14.1. The summed E-state index contributed by atoms with van der Waals surface area (Å²) >= 11 is 2.10. The number of aliphatic hydroxyl groups excluding tert-OH is 1. The Morgan fingerprint density at radius 1 is 1.07 bits per heavy atom. The predicted octanol–water partition coefficient (Wildman–Crippen LogP) is 7.21. The van der Waals surface area contributed by atoms with Crippen molar-refractivity contribution in [3.05, 3.63) is 86.5 Å². The molecule has 1 saturated heterocycles. The number of hydrogen-bond acceptors (Lipinski definition) is 4. The minimum atomic E-state index is -4.62. The molecule has 1 fully saturated rings. The van der Waals surface area contributed by atoms with Crippen LogP contribution in [0.2, 0.25) is 0 Å². The number of nitrogens with one attached hydrogen (secondary N) is 2. The van der Waals surface area contributed by atoms with Crippen molar-refractivity contribution in [2.45, 2.75) is 69.1 Å². The fourth-order valence-electron chi connectivity index (χ4n) is 6.46. The summed E-state index contributed by atoms with van der Waals surface area (Å²) in [5, 5.41) is 16.4. The molecular formula is C32H36F6IN3O2. The zero-order valence-corrected chi connectivity index (χ0v) is 26.4. The predicted molar refractivity (Wildman–Crippen MR) is 166 cm³/mol. The van der Waals surface area contributed by atoms with E-state index < -0.39 is 47.6 Å². The zero-order valence-electron chi connectivity index (χ0n) is 24.2. The van der Waals surface area contributed by atoms with E-state index in [2.05, 4.69) is 38.1 Å². The molecule has 2 aliphatic rings. The van der Waals surface area contributed by atoms with Crippen LogP contribution in [0.3, 0.4) is 0 Å². The SMILES string of the molecule is CC1=C(/C=C\I)c2ccccc2[C@]1(CCCCN1CCC(NC(=O)c2ccccc2C(F)(F)F)CC1)C(O)NCC(F)(F)F. The number of likely N-dealkylation sites (tertiary alicyclic amines) is 1. The van der Waals surface area contributed by atoms with Gasteiger partial charge in [-0.25, -0.2) is 0 Å². The summed E-state index contributed by atoms with van der Waals surface area (Å²) in [6, 6.07) is 12.0. The molecule has 12 heteroatoms. The fourth-order valence-corrected chi connectivity index (χ4v) is 6.82. The summed E-state index contributed by atoms with van der Waals surface area (Å²) in [4.78, 5) is 14.9. The van der Waals surface area contributed by atoms with E-state index in [1.807, 2.05) is 41.3 Å². The third kappa shape index (κ3) is 7.86. The first-order valence-electron chi connectivity index (χ1n) is 14.5. The largest absolute Gasteiger partial charge is 0.417 e. The van der Waals surface area contributed by atoms with Crippen LogP contribution in [0.1, 0.15) is 66.1 Å². The van der Waals surface area contributed by atoms with Gasteiger partial charge in [-0.1, -0.05) is 71.0 Å². The Morgan fingerprint density at radius 3 is 2.39 bits per heavy atom. The van der Waals surface area contributed by atoms with Crippen LogP contribution in [0.15, 0.2) is 64.3 Å². The van der Waals surface area contributed by atoms with Crippen molar-refractivity contribution in [2.75, 3.05) is 26.2 Å². The van der Waals surface area contributed by atoms with Gasteiger partial charge in [0, 0.05) is 19.1 Å². The number of halogens is 7. The molecule has 0 radical (unpaired) electrons. The summed E-state index contributed by atoms with van der Waals surface area (Å²) in [7, 11) is 0. The van der Waals surface area contributed by atoms with Crippen LogP contribution in [-0.2, 0) is 11.6 Å². The lowest BCUT2D eigenvalue weighted by Gasteiger charge is -2.38. The second-order valence-corrected chi connectivity index (χ2v) is 12.1. The van der Waals surface area contributed by atoms with E-state index in [-0.39, 0.29) is 6.04 Å². The molecule has 4 rings (SSSR count). The molecule has 44 heavy (non-hydrogen) atoms. The van der Waals surface area contributed by atoms with Crippen LogP contribution in [0.25, 0.3) is 5.57 Å². The fraction of sp³-hybridized carbons (Fsp3) is 0.469. The lowest BCUT2D eigenvalue weighted by atomic mass is 9.72. The van der Waals surface area contributed by atoms with Crippen LogP contribution in [-0.4, -0.2) is 60.5 Å². The number of alkyl halides is 6. The van der Waals surface area contributed by atoms with Gasteiger partial charge < -0.3 is 15.3 Å². The molecule has 0 saturated carbocycles. The number of fused-ring (bicyclic) bond motifs is 1. The number of hydrogen-bond donors (Lipinski definition) is 3. The normalized spacial score (nSPS) is 20.8. The molecule has 1 aliphatic heterocycles. The molecule has 5 nitrogen and oxygen atoms in total. The summed E-state index contributed by atoms with van der Waals surface area (Å²) in [6.45, 7) is 2.58. The molecule has 240 valence electrons. The van der Waals surface area contributed by atoms with Gasteiger partial charge >= 0.3 is 12.4 Å². The number of allylic oxidation sites excluding steroid dienone is 2. The van der Waals surface area contributed by atoms with Gasteiger partial charge in [0.2, 0.25) is 0 Å². The van der Waals surface area contributed by atoms with E-state index in [1.54, 1.807) is 0 Å². The van der Waals surface area contributed by atoms with Gasteiger partial charge in [-0.2, -0.15) is 26.3 Å². The maximum atomic E-state index is 13.3. The number of carbonyl (C=O) groups is 1. The summed E-state index contributed by atoms with van der Waals surface area (Å²) in [5.74, 6) is -0.739. The quantitative estimate of drug-likeness (QED) is 0.0989. The number of rotatable bonds is 11. The number of amides is 1. The molecule has 3 N–H and O–H groups in total. The van der Waals surface area contributed by atoms with Crippen LogP contribution in [0, 0.1) is 0 Å².